The van der Waals surface area contributed by atoms with Crippen molar-refractivity contribution in [1.29, 1.82) is 5.41 Å². The third-order valence-electron chi connectivity index (χ3n) is 22.5. The molecule has 0 aliphatic carbocycles. The predicted octanol–water partition coefficient (Wildman–Crippen LogP) is 13.1. The van der Waals surface area contributed by atoms with E-state index in [-0.39, 0.29) is 70.8 Å². The maximum Gasteiger partial charge on any atom is 0.303 e. The zero-order valence-electron chi connectivity index (χ0n) is 67.1. The molecule has 0 spiro atoms. The van der Waals surface area contributed by atoms with Crippen LogP contribution in [0.5, 0.6) is 0 Å². The summed E-state index contributed by atoms with van der Waals surface area (Å²) in [4.78, 5) is 13.2. The van der Waals surface area contributed by atoms with E-state index < -0.39 is 164 Å². The van der Waals surface area contributed by atoms with Gasteiger partial charge < -0.3 is 110 Å². The van der Waals surface area contributed by atoms with Crippen molar-refractivity contribution in [3.05, 3.63) is 215 Å². The molecule has 8 aliphatic heterocycles. The minimum atomic E-state index is -1.67. The van der Waals surface area contributed by atoms with Gasteiger partial charge in [0.15, 0.2) is 55.9 Å². The first-order chi connectivity index (χ1) is 54.4. The van der Waals surface area contributed by atoms with Gasteiger partial charge in [-0.2, -0.15) is 0 Å². The zero-order chi connectivity index (χ0) is 79.6. The molecule has 10 unspecified atom stereocenters. The van der Waals surface area contributed by atoms with E-state index in [4.69, 9.17) is 105 Å². The van der Waals surface area contributed by atoms with E-state index in [2.05, 4.69) is 0 Å². The summed E-state index contributed by atoms with van der Waals surface area (Å²) in [6.45, 7) is 25.7. The Morgan fingerprint density at radius 1 is 0.469 bits per heavy atom. The number of hydrogen-bond donors (Lipinski definition) is 2. The summed E-state index contributed by atoms with van der Waals surface area (Å²) < 4.78 is 146. The summed E-state index contributed by atoms with van der Waals surface area (Å²) in [6.07, 6.45) is -20.8. The number of hydrogen-bond acceptors (Lipinski definition) is 24. The SMILES string of the molecule is CC(=O)O[C@H]1C(C)O[C@H](O)[C@H](O[C@@H]2OC(C)[C@H](O[C@@H]3OC[C@@H](C)C(O[C@@H]4OC[C@]5(COCc6ccccc6)O[C@@H](c6ccccc6)OC45)[C@H]3OCc3ccccc3)C(C)(O[C@@H]3OC(COCc4ccccc4)[C@@H](OCc4ccccc4)C(OCc4ccccc4)[C@H]3C)[C@@H]2C)C1O[C@@H]1OC(C)[C@H](C)[C@@H]2OC(C)(C)OC12.CC(C)=N. The summed E-state index contributed by atoms with van der Waals surface area (Å²) in [7, 11) is 0. The Morgan fingerprint density at radius 2 is 0.973 bits per heavy atom. The quantitative estimate of drug-likeness (QED) is 0.0327. The highest BCUT2D eigenvalue weighted by atomic mass is 16.8. The van der Waals surface area contributed by atoms with E-state index in [1.165, 1.54) is 6.92 Å². The minimum absolute atomic E-state index is 0.0819. The molecule has 614 valence electrons. The molecule has 28 atom stereocenters. The molecule has 0 bridgehead atoms. The van der Waals surface area contributed by atoms with Crippen molar-refractivity contribution < 1.29 is 109 Å². The molecule has 8 fully saturated rings. The number of rotatable bonds is 29. The second-order valence-electron chi connectivity index (χ2n) is 32.1. The first-order valence-electron chi connectivity index (χ1n) is 39.9. The molecule has 6 aromatic carbocycles. The molecule has 14 rings (SSSR count). The van der Waals surface area contributed by atoms with Gasteiger partial charge in [-0.05, 0) is 83.2 Å². The van der Waals surface area contributed by atoms with Gasteiger partial charge in [0.05, 0.1) is 96.1 Å². The highest BCUT2D eigenvalue weighted by Gasteiger charge is 2.64. The van der Waals surface area contributed by atoms with Crippen LogP contribution in [0.25, 0.3) is 0 Å². The van der Waals surface area contributed by atoms with Crippen LogP contribution in [-0.4, -0.2) is 190 Å². The predicted molar refractivity (Wildman–Crippen MR) is 413 cm³/mol. The van der Waals surface area contributed by atoms with Crippen molar-refractivity contribution in [2.45, 2.75) is 276 Å². The first-order valence-corrected chi connectivity index (χ1v) is 39.9. The van der Waals surface area contributed by atoms with Gasteiger partial charge in [-0.15, -0.1) is 0 Å². The smallest absolute Gasteiger partial charge is 0.303 e. The Bertz CT molecular complexity index is 3890. The summed E-state index contributed by atoms with van der Waals surface area (Å²) >= 11 is 0. The molecular formula is C89H115NO23. The van der Waals surface area contributed by atoms with Crippen LogP contribution in [0.2, 0.25) is 0 Å². The van der Waals surface area contributed by atoms with Crippen LogP contribution in [-0.2, 0) is 137 Å². The molecule has 0 amide bonds. The Kier molecular flexibility index (Phi) is 28.7. The number of benzene rings is 6. The van der Waals surface area contributed by atoms with E-state index in [9.17, 15) is 9.90 Å². The second kappa shape index (κ2) is 38.4. The van der Waals surface area contributed by atoms with Crippen LogP contribution < -0.4 is 0 Å². The maximum atomic E-state index is 13.2. The average molecular weight is 1570 g/mol. The maximum absolute atomic E-state index is 13.2. The minimum Gasteiger partial charge on any atom is -0.457 e. The average Bonchev–Trinajstić information content (AvgIpc) is 1.74. The molecule has 2 N–H and O–H groups in total. The largest absolute Gasteiger partial charge is 0.457 e. The summed E-state index contributed by atoms with van der Waals surface area (Å²) in [5.74, 6) is -3.43. The van der Waals surface area contributed by atoms with Crippen molar-refractivity contribution in [2.75, 3.05) is 26.4 Å². The lowest BCUT2D eigenvalue weighted by Gasteiger charge is -2.56. The van der Waals surface area contributed by atoms with E-state index >= 15 is 0 Å². The molecule has 8 heterocycles. The van der Waals surface area contributed by atoms with E-state index in [1.54, 1.807) is 20.8 Å². The van der Waals surface area contributed by atoms with Gasteiger partial charge in [0.2, 0.25) is 0 Å². The third-order valence-corrected chi connectivity index (χ3v) is 22.5. The lowest BCUT2D eigenvalue weighted by Crippen LogP contribution is -2.69. The van der Waals surface area contributed by atoms with Gasteiger partial charge in [-0.1, -0.05) is 210 Å². The Hall–Kier alpha value is -6.38. The molecule has 6 aromatic rings. The lowest BCUT2D eigenvalue weighted by molar-refractivity contribution is -0.414. The fourth-order valence-corrected chi connectivity index (χ4v) is 16.3. The van der Waals surface area contributed by atoms with Crippen molar-refractivity contribution in [3.8, 4) is 0 Å². The normalized spacial score (nSPS) is 37.3. The highest BCUT2D eigenvalue weighted by molar-refractivity contribution is 5.75. The molecule has 8 saturated heterocycles. The number of fused-ring (bicyclic) bond motifs is 2. The molecule has 113 heavy (non-hydrogen) atoms. The number of nitrogens with one attached hydrogen (secondary N) is 1. The number of carbonyl (C=O) groups excluding carboxylic acids is 1. The van der Waals surface area contributed by atoms with Gasteiger partial charge in [-0.25, -0.2) is 0 Å². The van der Waals surface area contributed by atoms with E-state index in [0.717, 1.165) is 33.4 Å². The molecule has 24 heteroatoms. The Labute approximate surface area is 664 Å². The zero-order valence-corrected chi connectivity index (χ0v) is 67.1. The van der Waals surface area contributed by atoms with E-state index in [0.29, 0.717) is 12.3 Å². The summed E-state index contributed by atoms with van der Waals surface area (Å²) in [5, 5.41) is 18.9. The van der Waals surface area contributed by atoms with Gasteiger partial charge in [0.1, 0.15) is 60.0 Å². The van der Waals surface area contributed by atoms with Crippen LogP contribution in [0.15, 0.2) is 182 Å². The second-order valence-corrected chi connectivity index (χ2v) is 32.1. The van der Waals surface area contributed by atoms with Gasteiger partial charge in [0, 0.05) is 41.9 Å². The van der Waals surface area contributed by atoms with Crippen molar-refractivity contribution in [1.82, 2.24) is 0 Å². The molecular weight excluding hydrogens is 1450 g/mol. The summed E-state index contributed by atoms with van der Waals surface area (Å²) in [5.41, 5.74) is 3.71. The van der Waals surface area contributed by atoms with Gasteiger partial charge in [-0.3, -0.25) is 4.79 Å². The molecule has 0 radical (unpaired) electrons. The van der Waals surface area contributed by atoms with E-state index in [1.807, 2.05) is 244 Å². The topological polar surface area (TPSA) is 255 Å². The number of aliphatic hydroxyl groups is 1. The standard InChI is InChI=1S/C86H108O23.C3H7N/c1-51-42-94-81(73(93-47-63-38-26-16-27-39-63)66(51)101-83-76-86(50-95-83,49-90-44-60-32-20-13-21-33-60)109-80(105-76)64-40-28-17-29-41-64)104-75-57(7)98-79(103-72-71(69(99-58(8)87)56(6)96-77(72)88)102-82-74-68(52(2)55(5)97-82)106-84(9,10)107-74)54(4)85(75,11)108-78-53(3)67(91-45-61-34-22-14-23-35-61)70(92-46-62-36-24-15-25-37-62)65(100-78)48-89-43-59-30-18-12-19-31-59;1-3(2)4/h12-41,51-57,65-83,88H,42-50H2,1-11H3;4H,1-2H3/t51-,52+,53-,54-,55?,56?,57?,65?,66?,67?,68+,69+,70-,71?,72-,73-,74?,75+,76?,77+,78+,79+,80+,81+,82+,83+,85?,86+;/m1./s1. The number of esters is 1. The Morgan fingerprint density at radius 3 is 1.55 bits per heavy atom. The van der Waals surface area contributed by atoms with Crippen LogP contribution in [0.3, 0.4) is 0 Å². The van der Waals surface area contributed by atoms with Gasteiger partial charge >= 0.3 is 5.97 Å². The molecule has 8 aliphatic rings. The number of ether oxygens (including phenoxy) is 21. The lowest BCUT2D eigenvalue weighted by atomic mass is 9.79. The molecule has 0 saturated carbocycles. The van der Waals surface area contributed by atoms with Crippen LogP contribution >= 0.6 is 0 Å². The van der Waals surface area contributed by atoms with Crippen molar-refractivity contribution in [2.24, 2.45) is 23.7 Å². The van der Waals surface area contributed by atoms with Crippen LogP contribution in [0.4, 0.5) is 0 Å². The van der Waals surface area contributed by atoms with Gasteiger partial charge in [0.25, 0.3) is 0 Å². The van der Waals surface area contributed by atoms with Crippen molar-refractivity contribution >= 4 is 11.7 Å². The van der Waals surface area contributed by atoms with Crippen LogP contribution in [0.1, 0.15) is 130 Å². The molecule has 24 nitrogen and oxygen atoms in total. The first kappa shape index (κ1) is 84.5. The fraction of sp³-hybridized carbons (Fsp3) is 0.573. The number of carbonyl (C=O) groups is 1. The third kappa shape index (κ3) is 20.6. The molecule has 0 aromatic heterocycles. The van der Waals surface area contributed by atoms with Crippen molar-refractivity contribution in [3.63, 3.8) is 0 Å². The fourth-order valence-electron chi connectivity index (χ4n) is 16.3. The monoisotopic (exact) mass is 1570 g/mol. The number of aliphatic hydroxyl groups excluding tert-OH is 1. The Balaban J connectivity index is 0.00000273. The van der Waals surface area contributed by atoms with Crippen LogP contribution in [0, 0.1) is 29.1 Å². The summed E-state index contributed by atoms with van der Waals surface area (Å²) in [6, 6.07) is 59.6. The highest BCUT2D eigenvalue weighted by Crippen LogP contribution is 2.50.